The number of aliphatic hydroxyl groups excluding tert-OH is 1. The zero-order chi connectivity index (χ0) is 13.6. The summed E-state index contributed by atoms with van der Waals surface area (Å²) in [6.07, 6.45) is 10.4. The third-order valence-electron chi connectivity index (χ3n) is 2.31. The minimum absolute atomic E-state index is 0.250. The summed E-state index contributed by atoms with van der Waals surface area (Å²) in [7, 11) is 0. The molecule has 0 aliphatic heterocycles. The van der Waals surface area contributed by atoms with E-state index in [2.05, 4.69) is 6.92 Å². The molecule has 0 fully saturated rings. The van der Waals surface area contributed by atoms with Crippen LogP contribution in [0.3, 0.4) is 0 Å². The zero-order valence-electron chi connectivity index (χ0n) is 11.2. The van der Waals surface area contributed by atoms with Crippen LogP contribution in [0.15, 0.2) is 0 Å². The SMILES string of the molecule is CCCCCCCCCC[Si](Cl)(Cl)Cl.CCO. The maximum Gasteiger partial charge on any atom is 0.341 e. The number of rotatable bonds is 9. The molecule has 0 heterocycles. The molecule has 0 aliphatic rings. The second kappa shape index (κ2) is 15.1. The second-order valence-corrected chi connectivity index (χ2v) is 13.4. The molecule has 106 valence electrons. The van der Waals surface area contributed by atoms with Crippen LogP contribution in [-0.2, 0) is 0 Å². The highest BCUT2D eigenvalue weighted by Crippen LogP contribution is 2.27. The van der Waals surface area contributed by atoms with Gasteiger partial charge in [0.25, 0.3) is 0 Å². The molecule has 0 radical (unpaired) electrons. The van der Waals surface area contributed by atoms with E-state index in [0.717, 1.165) is 12.5 Å². The fourth-order valence-corrected chi connectivity index (χ4v) is 3.31. The molecule has 0 aromatic heterocycles. The Hall–Kier alpha value is 1.05. The molecule has 17 heavy (non-hydrogen) atoms. The van der Waals surface area contributed by atoms with E-state index in [9.17, 15) is 0 Å². The van der Waals surface area contributed by atoms with E-state index in [1.165, 1.54) is 44.9 Å². The van der Waals surface area contributed by atoms with Crippen LogP contribution < -0.4 is 0 Å². The van der Waals surface area contributed by atoms with E-state index in [0.29, 0.717) is 0 Å². The molecule has 0 aromatic carbocycles. The van der Waals surface area contributed by atoms with Gasteiger partial charge in [-0.1, -0.05) is 58.3 Å². The molecule has 1 N–H and O–H groups in total. The summed E-state index contributed by atoms with van der Waals surface area (Å²) in [5, 5.41) is 7.57. The van der Waals surface area contributed by atoms with Crippen LogP contribution in [0.4, 0.5) is 0 Å². The van der Waals surface area contributed by atoms with Crippen molar-refractivity contribution in [3.8, 4) is 0 Å². The Morgan fingerprint density at radius 2 is 1.12 bits per heavy atom. The Morgan fingerprint density at radius 1 is 0.765 bits per heavy atom. The number of aliphatic hydroxyl groups is 1. The predicted molar refractivity (Wildman–Crippen MR) is 83.5 cm³/mol. The Balaban J connectivity index is 0. The number of hydrogen-bond acceptors (Lipinski definition) is 1. The average Bonchev–Trinajstić information content (AvgIpc) is 2.22. The summed E-state index contributed by atoms with van der Waals surface area (Å²) in [6, 6.07) is -1.50. The lowest BCUT2D eigenvalue weighted by molar-refractivity contribution is 0.318. The molecule has 0 rings (SSSR count). The van der Waals surface area contributed by atoms with E-state index in [1.807, 2.05) is 0 Å². The van der Waals surface area contributed by atoms with Gasteiger partial charge in [-0.05, 0) is 13.0 Å². The van der Waals surface area contributed by atoms with Gasteiger partial charge >= 0.3 is 6.00 Å². The smallest absolute Gasteiger partial charge is 0.341 e. The minimum atomic E-state index is -2.32. The Labute approximate surface area is 122 Å². The quantitative estimate of drug-likeness (QED) is 0.324. The topological polar surface area (TPSA) is 20.2 Å². The van der Waals surface area contributed by atoms with Crippen LogP contribution in [0.25, 0.3) is 0 Å². The Bertz CT molecular complexity index is 140. The van der Waals surface area contributed by atoms with Crippen molar-refractivity contribution >= 4 is 39.2 Å². The summed E-state index contributed by atoms with van der Waals surface area (Å²) in [5.41, 5.74) is 0. The number of unbranched alkanes of at least 4 members (excludes halogenated alkanes) is 7. The number of halogens is 3. The van der Waals surface area contributed by atoms with Crippen LogP contribution in [0.1, 0.15) is 65.2 Å². The molecule has 0 bridgehead atoms. The third kappa shape index (κ3) is 26.6. The molecule has 0 atom stereocenters. The van der Waals surface area contributed by atoms with Crippen molar-refractivity contribution in [3.05, 3.63) is 0 Å². The van der Waals surface area contributed by atoms with Crippen LogP contribution in [0, 0.1) is 0 Å². The summed E-state index contributed by atoms with van der Waals surface area (Å²) < 4.78 is 0. The Kier molecular flexibility index (Phi) is 18.1. The van der Waals surface area contributed by atoms with Gasteiger partial charge in [0.15, 0.2) is 0 Å². The molecule has 0 amide bonds. The molecule has 0 saturated heterocycles. The lowest BCUT2D eigenvalue weighted by Crippen LogP contribution is -2.07. The van der Waals surface area contributed by atoms with Gasteiger partial charge in [0, 0.05) is 6.61 Å². The highest BCUT2D eigenvalue weighted by molar-refractivity contribution is 7.64. The monoisotopic (exact) mass is 320 g/mol. The van der Waals surface area contributed by atoms with Crippen molar-refractivity contribution in [2.75, 3.05) is 6.61 Å². The Morgan fingerprint density at radius 3 is 1.47 bits per heavy atom. The molecular formula is C12H27Cl3OSi. The molecule has 0 unspecified atom stereocenters. The molecular weight excluding hydrogens is 295 g/mol. The third-order valence-corrected chi connectivity index (χ3v) is 4.94. The van der Waals surface area contributed by atoms with Gasteiger partial charge in [0.2, 0.25) is 0 Å². The summed E-state index contributed by atoms with van der Waals surface area (Å²) in [6.45, 7) is 4.17. The lowest BCUT2D eigenvalue weighted by Gasteiger charge is -2.06. The normalized spacial score (nSPS) is 10.9. The first-order chi connectivity index (χ1) is 7.97. The average molecular weight is 322 g/mol. The molecule has 1 nitrogen and oxygen atoms in total. The molecule has 0 aliphatic carbocycles. The highest BCUT2D eigenvalue weighted by atomic mass is 35.8. The van der Waals surface area contributed by atoms with E-state index >= 15 is 0 Å². The van der Waals surface area contributed by atoms with Gasteiger partial charge < -0.3 is 5.11 Å². The van der Waals surface area contributed by atoms with Crippen LogP contribution in [-0.4, -0.2) is 17.7 Å². The maximum atomic E-state index is 7.57. The van der Waals surface area contributed by atoms with Crippen molar-refractivity contribution < 1.29 is 5.11 Å². The van der Waals surface area contributed by atoms with Crippen molar-refractivity contribution in [2.45, 2.75) is 71.3 Å². The first-order valence-corrected chi connectivity index (χ1v) is 11.9. The lowest BCUT2D eigenvalue weighted by atomic mass is 10.1. The molecule has 0 saturated carbocycles. The van der Waals surface area contributed by atoms with Gasteiger partial charge in [-0.15, -0.1) is 33.2 Å². The van der Waals surface area contributed by atoms with Crippen LogP contribution in [0.2, 0.25) is 6.04 Å². The molecule has 0 aromatic rings. The van der Waals surface area contributed by atoms with Crippen molar-refractivity contribution in [3.63, 3.8) is 0 Å². The summed E-state index contributed by atoms with van der Waals surface area (Å²) in [4.78, 5) is 0. The first-order valence-electron chi connectivity index (χ1n) is 6.65. The van der Waals surface area contributed by atoms with E-state index in [1.54, 1.807) is 6.92 Å². The van der Waals surface area contributed by atoms with Gasteiger partial charge in [0.1, 0.15) is 0 Å². The van der Waals surface area contributed by atoms with E-state index in [-0.39, 0.29) is 6.61 Å². The summed E-state index contributed by atoms with van der Waals surface area (Å²) >= 11 is 17.4. The van der Waals surface area contributed by atoms with Crippen LogP contribution >= 0.6 is 33.2 Å². The predicted octanol–water partition coefficient (Wildman–Crippen LogP) is 5.78. The molecule has 5 heteroatoms. The van der Waals surface area contributed by atoms with Crippen molar-refractivity contribution in [2.24, 2.45) is 0 Å². The van der Waals surface area contributed by atoms with Crippen LogP contribution in [0.5, 0.6) is 0 Å². The highest BCUT2D eigenvalue weighted by Gasteiger charge is 2.23. The largest absolute Gasteiger partial charge is 0.397 e. The van der Waals surface area contributed by atoms with Crippen molar-refractivity contribution in [1.82, 2.24) is 0 Å². The van der Waals surface area contributed by atoms with Gasteiger partial charge in [-0.3, -0.25) is 0 Å². The minimum Gasteiger partial charge on any atom is -0.397 e. The van der Waals surface area contributed by atoms with E-state index < -0.39 is 6.00 Å². The first kappa shape index (κ1) is 20.4. The molecule has 0 spiro atoms. The zero-order valence-corrected chi connectivity index (χ0v) is 14.4. The fourth-order valence-electron chi connectivity index (χ4n) is 1.46. The van der Waals surface area contributed by atoms with Crippen molar-refractivity contribution in [1.29, 1.82) is 0 Å². The maximum absolute atomic E-state index is 7.57. The summed E-state index contributed by atoms with van der Waals surface area (Å²) in [5.74, 6) is 0. The van der Waals surface area contributed by atoms with Gasteiger partial charge in [0.05, 0.1) is 0 Å². The second-order valence-electron chi connectivity index (χ2n) is 4.16. The van der Waals surface area contributed by atoms with Gasteiger partial charge in [-0.2, -0.15) is 0 Å². The van der Waals surface area contributed by atoms with Gasteiger partial charge in [-0.25, -0.2) is 0 Å². The fraction of sp³-hybridized carbons (Fsp3) is 1.00. The van der Waals surface area contributed by atoms with E-state index in [4.69, 9.17) is 38.3 Å². The number of hydrogen-bond donors (Lipinski definition) is 1. The standard InChI is InChI=1S/C10H21Cl3Si.C2H6O/c1-2-3-4-5-6-7-8-9-10-14(11,12)13;1-2-3/h2-10H2,1H3;3H,2H2,1H3.